The second-order valence-electron chi connectivity index (χ2n) is 25.1. The van der Waals surface area contributed by atoms with Crippen LogP contribution in [0.3, 0.4) is 0 Å². The van der Waals surface area contributed by atoms with Gasteiger partial charge < -0.3 is 34.7 Å². The van der Waals surface area contributed by atoms with Crippen molar-refractivity contribution in [3.05, 3.63) is 314 Å². The predicted octanol–water partition coefficient (Wildman–Crippen LogP) is 16.0. The number of H-pyrrole nitrogens is 1. The predicted molar refractivity (Wildman–Crippen MR) is 453 cm³/mol. The molecule has 0 aliphatic heterocycles. The molecule has 4 N–H and O–H groups in total. The van der Waals surface area contributed by atoms with E-state index in [2.05, 4.69) is 212 Å². The number of methoxy groups -OCH3 is 3. The Kier molecular flexibility index (Phi) is 37.3. The van der Waals surface area contributed by atoms with Crippen LogP contribution in [0.25, 0.3) is 55.5 Å². The molecule has 0 unspecified atom stereocenters. The van der Waals surface area contributed by atoms with Gasteiger partial charge in [0.15, 0.2) is 22.5 Å². The molecule has 0 aliphatic rings. The van der Waals surface area contributed by atoms with E-state index >= 15 is 0 Å². The van der Waals surface area contributed by atoms with Gasteiger partial charge in [-0.05, 0) is 135 Å². The van der Waals surface area contributed by atoms with Crippen LogP contribution in [0.2, 0.25) is 15.2 Å². The maximum atomic E-state index is 12.9. The topological polar surface area (TPSA) is 210 Å². The molecular weight excluding hydrogens is 1810 g/mol. The Morgan fingerprint density at radius 2 is 0.739 bits per heavy atom. The molecule has 0 atom stereocenters. The van der Waals surface area contributed by atoms with E-state index in [9.17, 15) is 44.3 Å². The van der Waals surface area contributed by atoms with Gasteiger partial charge in [-0.15, -0.1) is 0 Å². The molecule has 0 spiro atoms. The first-order chi connectivity index (χ1) is 55.7. The standard InChI is InChI=1S/2C18H15P.C16H13ClF3N3O.C16H14F3N3O2.C11H9Cl2NO.C5H6BF3N2O2.2ClH.K.H2O.Pd/c2*1-4-10-16(11-5-1)19(17-12-6-2-7-13-17)18-14-8-3-9-15-18;1-8-13(24-3)5-4-9-10(17)6-11(21-15(8)9)12-7-14(16(18,19)20)22-23(12)2;1-8-13(24-3)5-4-9-12(23)6-10(20-15(8)9)11-7-14(16(17,18)19)21-22(11)2;1-6-9(15-2)4-3-7-8(12)5-10(13)14-11(6)7;1-11-4(6(12)13)2-3(10-11)5(7,8)9;;;;;/h2*1-15H;4-7H,1-3H3;4-7H,1-3H3,(H,20,23);3-5H,1-2H3;2,12-13H,1H3;2*1H;;1H2;/q;;;;;;;;+1;;+2/p-3. The maximum Gasteiger partial charge on any atom is 1.00 e. The number of benzene rings is 9. The van der Waals surface area contributed by atoms with Crippen LogP contribution in [0.5, 0.6) is 17.2 Å². The van der Waals surface area contributed by atoms with E-state index in [-0.39, 0.29) is 101 Å². The molecular formula is C84H73BCl5F9KN9O7P2Pd. The Bertz CT molecular complexity index is 5570. The zero-order valence-corrected chi connectivity index (χ0v) is 75.1. The summed E-state index contributed by atoms with van der Waals surface area (Å²) in [5.41, 5.74) is 1.54. The number of alkyl halides is 9. The summed E-state index contributed by atoms with van der Waals surface area (Å²) in [4.78, 5) is 24.1. The van der Waals surface area contributed by atoms with Crippen molar-refractivity contribution in [2.45, 2.75) is 39.3 Å². The Balaban J connectivity index is 0.000000197. The maximum absolute atomic E-state index is 12.9. The van der Waals surface area contributed by atoms with Gasteiger partial charge in [-0.25, -0.2) is 9.97 Å². The Morgan fingerprint density at radius 3 is 1.07 bits per heavy atom. The third kappa shape index (κ3) is 25.8. The SMILES string of the molecule is COc1ccc2c(=O)cc(-c3cc(C(F)(F)F)nn3C)[nH]c2c1C.COc1ccc2c(Cl)cc(-c3cc(C(F)(F)F)nn3C)nc2c1C.COc1ccc2c(Cl)cc(Cl)nc2c1C.Cn1nc(C(F)(F)F)cc1B(O)O.[Cl][Pd][Cl].[K+].[OH-].c1ccc(P(c2ccccc2)c2ccccc2)cc1.c1ccc(P(c2ccccc2)c2ccccc2)cc1. The van der Waals surface area contributed by atoms with E-state index < -0.39 is 58.6 Å². The second-order valence-corrected chi connectivity index (χ2v) is 33.1. The van der Waals surface area contributed by atoms with Crippen molar-refractivity contribution in [1.29, 1.82) is 0 Å². The van der Waals surface area contributed by atoms with Crippen LogP contribution in [0.4, 0.5) is 39.5 Å². The molecule has 119 heavy (non-hydrogen) atoms. The molecule has 0 amide bonds. The smallest absolute Gasteiger partial charge is 0.870 e. The molecule has 0 fully saturated rings. The van der Waals surface area contributed by atoms with E-state index in [0.29, 0.717) is 65.8 Å². The van der Waals surface area contributed by atoms with Gasteiger partial charge in [0.05, 0.1) is 76.3 Å². The average molecular weight is 1890 g/mol. The third-order valence-corrected chi connectivity index (χ3v) is 23.3. The molecule has 15 rings (SSSR count). The summed E-state index contributed by atoms with van der Waals surface area (Å²) in [6, 6.07) is 82.1. The summed E-state index contributed by atoms with van der Waals surface area (Å²) in [6.07, 6.45) is -13.6. The average Bonchev–Trinajstić information content (AvgIpc) is 1.75. The normalized spacial score (nSPS) is 11.0. The molecule has 0 aliphatic carbocycles. The van der Waals surface area contributed by atoms with Crippen LogP contribution in [0.1, 0.15) is 33.8 Å². The van der Waals surface area contributed by atoms with Gasteiger partial charge in [0, 0.05) is 60.1 Å². The van der Waals surface area contributed by atoms with Crippen LogP contribution in [-0.4, -0.2) is 88.3 Å². The number of halogens is 14. The summed E-state index contributed by atoms with van der Waals surface area (Å²) >= 11 is 18.1. The summed E-state index contributed by atoms with van der Waals surface area (Å²) in [5, 5.41) is 39.1. The molecule has 618 valence electrons. The van der Waals surface area contributed by atoms with Gasteiger partial charge in [-0.2, -0.15) is 54.8 Å². The van der Waals surface area contributed by atoms with Crippen molar-refractivity contribution >= 4 is 147 Å². The number of aryl methyl sites for hydroxylation is 6. The van der Waals surface area contributed by atoms with E-state index in [0.717, 1.165) is 54.0 Å². The third-order valence-electron chi connectivity index (χ3n) is 17.5. The van der Waals surface area contributed by atoms with Crippen LogP contribution in [0, 0.1) is 20.8 Å². The fraction of sp³-hybridized carbons (Fsp3) is 0.143. The quantitative estimate of drug-likeness (QED) is 0.0451. The zero-order chi connectivity index (χ0) is 85.1. The number of ether oxygens (including phenoxy) is 3. The number of hydrogen-bond acceptors (Lipinski definition) is 12. The van der Waals surface area contributed by atoms with Gasteiger partial charge in [0.1, 0.15) is 22.4 Å². The Morgan fingerprint density at radius 1 is 0.429 bits per heavy atom. The van der Waals surface area contributed by atoms with Gasteiger partial charge in [0.2, 0.25) is 0 Å². The number of nitrogens with one attached hydrogen (secondary N) is 1. The molecule has 35 heteroatoms. The first-order valence-electron chi connectivity index (χ1n) is 34.8. The van der Waals surface area contributed by atoms with Gasteiger partial charge in [0.25, 0.3) is 0 Å². The van der Waals surface area contributed by atoms with Crippen molar-refractivity contribution < 1.29 is 137 Å². The number of rotatable bonds is 12. The van der Waals surface area contributed by atoms with Crippen molar-refractivity contribution in [3.8, 4) is 40.0 Å². The summed E-state index contributed by atoms with van der Waals surface area (Å²) < 4.78 is 132. The van der Waals surface area contributed by atoms with Crippen molar-refractivity contribution in [3.63, 3.8) is 0 Å². The van der Waals surface area contributed by atoms with E-state index in [4.69, 9.17) is 78.1 Å². The summed E-state index contributed by atoms with van der Waals surface area (Å²) in [5.74, 6) is 1.99. The first kappa shape index (κ1) is 98.1. The Labute approximate surface area is 756 Å². The molecule has 9 aromatic carbocycles. The molecule has 0 bridgehead atoms. The van der Waals surface area contributed by atoms with E-state index in [1.807, 2.05) is 26.0 Å². The number of aromatic amines is 1. The summed E-state index contributed by atoms with van der Waals surface area (Å²) in [6.45, 7) is 5.52. The van der Waals surface area contributed by atoms with Crippen molar-refractivity contribution in [2.24, 2.45) is 21.1 Å². The number of pyridine rings is 3. The fourth-order valence-electron chi connectivity index (χ4n) is 12.0. The molecule has 6 aromatic heterocycles. The number of nitrogens with zero attached hydrogens (tertiary/aromatic N) is 8. The molecule has 6 heterocycles. The monoisotopic (exact) mass is 1880 g/mol. The molecule has 0 saturated heterocycles. The van der Waals surface area contributed by atoms with Crippen molar-refractivity contribution in [1.82, 2.24) is 44.3 Å². The van der Waals surface area contributed by atoms with Crippen molar-refractivity contribution in [2.75, 3.05) is 21.3 Å². The van der Waals surface area contributed by atoms with E-state index in [1.54, 1.807) is 44.4 Å². The van der Waals surface area contributed by atoms with Gasteiger partial charge >= 0.3 is 112 Å². The molecule has 0 saturated carbocycles. The number of aromatic nitrogens is 9. The zero-order valence-electron chi connectivity index (χ0n) is 64.9. The molecule has 15 aromatic rings. The molecule has 16 nitrogen and oxygen atoms in total. The van der Waals surface area contributed by atoms with Crippen LogP contribution in [-0.2, 0) is 55.6 Å². The fourth-order valence-corrected chi connectivity index (χ4v) is 17.4. The molecule has 0 radical (unpaired) electrons. The largest absolute Gasteiger partial charge is 1.00 e. The minimum absolute atomic E-state index is 0. The number of fused-ring (bicyclic) bond motifs is 3. The van der Waals surface area contributed by atoms with E-state index in [1.165, 1.54) is 79.3 Å². The van der Waals surface area contributed by atoms with Crippen LogP contribution in [0.15, 0.2) is 260 Å². The summed E-state index contributed by atoms with van der Waals surface area (Å²) in [7, 11) is 15.5. The van der Waals surface area contributed by atoms with Gasteiger partial charge in [-0.1, -0.05) is 217 Å². The Hall–Kier alpha value is -8.04. The first-order valence-corrected chi connectivity index (χ1v) is 42.6. The van der Waals surface area contributed by atoms with Gasteiger partial charge in [-0.3, -0.25) is 18.8 Å². The minimum Gasteiger partial charge on any atom is -0.870 e. The number of hydrogen-bond donors (Lipinski definition) is 3. The van der Waals surface area contributed by atoms with Crippen LogP contribution < -0.4 is 108 Å². The minimum atomic E-state index is -4.56. The second kappa shape index (κ2) is 45.2. The van der Waals surface area contributed by atoms with Crippen LogP contribution >= 0.6 is 69.7 Å².